The molecule has 1 aromatic rings. The number of nitrogens with zero attached hydrogens (tertiary/aromatic N) is 1. The minimum absolute atomic E-state index is 0.0550. The Kier molecular flexibility index (Phi) is 2.22. The molecule has 0 unspecified atom stereocenters. The Morgan fingerprint density at radius 3 is 2.83 bits per heavy atom. The van der Waals surface area contributed by atoms with Crippen molar-refractivity contribution in [2.75, 3.05) is 24.5 Å². The van der Waals surface area contributed by atoms with Crippen molar-refractivity contribution in [1.82, 2.24) is 5.32 Å². The van der Waals surface area contributed by atoms with Gasteiger partial charge in [-0.3, -0.25) is 0 Å². The van der Waals surface area contributed by atoms with Crippen LogP contribution in [-0.4, -0.2) is 19.6 Å². The number of hydrogen-bond donors (Lipinski definition) is 1. The first-order valence-corrected chi connectivity index (χ1v) is 7.07. The number of rotatable bonds is 0. The quantitative estimate of drug-likeness (QED) is 0.757. The topological polar surface area (TPSA) is 15.3 Å². The van der Waals surface area contributed by atoms with Crippen LogP contribution in [0.15, 0.2) is 12.1 Å². The highest BCUT2D eigenvalue weighted by atomic mass is 19.1. The normalized spacial score (nSPS) is 24.4. The molecule has 0 aromatic heterocycles. The fourth-order valence-electron chi connectivity index (χ4n) is 3.95. The summed E-state index contributed by atoms with van der Waals surface area (Å²) in [5.41, 5.74) is 4.13. The average Bonchev–Trinajstić information content (AvgIpc) is 2.51. The molecule has 4 rings (SSSR count). The molecule has 2 aliphatic heterocycles. The van der Waals surface area contributed by atoms with Crippen LogP contribution in [0.3, 0.4) is 0 Å². The lowest BCUT2D eigenvalue weighted by Crippen LogP contribution is -2.45. The Labute approximate surface area is 107 Å². The van der Waals surface area contributed by atoms with E-state index in [1.54, 1.807) is 6.07 Å². The number of benzene rings is 1. The molecule has 3 heteroatoms. The molecule has 2 heterocycles. The zero-order valence-corrected chi connectivity index (χ0v) is 10.6. The van der Waals surface area contributed by atoms with E-state index in [0.717, 1.165) is 31.7 Å². The summed E-state index contributed by atoms with van der Waals surface area (Å²) >= 11 is 0. The Hall–Kier alpha value is -1.09. The van der Waals surface area contributed by atoms with Crippen LogP contribution in [-0.2, 0) is 12.0 Å². The molecule has 18 heavy (non-hydrogen) atoms. The summed E-state index contributed by atoms with van der Waals surface area (Å²) in [5.74, 6) is -0.0550. The van der Waals surface area contributed by atoms with Gasteiger partial charge in [0.2, 0.25) is 0 Å². The largest absolute Gasteiger partial charge is 0.370 e. The Balaban J connectivity index is 1.93. The van der Waals surface area contributed by atoms with Crippen LogP contribution in [0.4, 0.5) is 10.1 Å². The van der Waals surface area contributed by atoms with Crippen molar-refractivity contribution in [2.24, 2.45) is 0 Å². The third-order valence-electron chi connectivity index (χ3n) is 5.09. The van der Waals surface area contributed by atoms with E-state index >= 15 is 0 Å². The molecule has 1 N–H and O–H groups in total. The highest BCUT2D eigenvalue weighted by molar-refractivity contribution is 5.65. The van der Waals surface area contributed by atoms with Crippen LogP contribution in [0.25, 0.3) is 0 Å². The standard InChI is InChI=1S/C15H19FN2/c16-12-8-11-10-17-5-7-18-6-4-15(2-1-3-15)13(9-12)14(11)18/h8-9,17H,1-7,10H2. The third kappa shape index (κ3) is 1.37. The molecule has 1 fully saturated rings. The number of fused-ring (bicyclic) bond motifs is 1. The second-order valence-electron chi connectivity index (χ2n) is 6.01. The zero-order chi connectivity index (χ0) is 12.2. The van der Waals surface area contributed by atoms with Gasteiger partial charge in [0.15, 0.2) is 0 Å². The molecular weight excluding hydrogens is 227 g/mol. The van der Waals surface area contributed by atoms with E-state index in [2.05, 4.69) is 10.2 Å². The lowest BCUT2D eigenvalue weighted by molar-refractivity contribution is 0.219. The fraction of sp³-hybridized carbons (Fsp3) is 0.600. The molecule has 96 valence electrons. The Morgan fingerprint density at radius 2 is 2.06 bits per heavy atom. The highest BCUT2D eigenvalue weighted by Crippen LogP contribution is 2.53. The van der Waals surface area contributed by atoms with E-state index in [0.29, 0.717) is 5.41 Å². The molecule has 1 spiro atoms. The van der Waals surface area contributed by atoms with Crippen molar-refractivity contribution in [1.29, 1.82) is 0 Å². The average molecular weight is 246 g/mol. The first-order valence-electron chi connectivity index (χ1n) is 7.07. The molecule has 1 saturated carbocycles. The van der Waals surface area contributed by atoms with E-state index in [-0.39, 0.29) is 5.82 Å². The highest BCUT2D eigenvalue weighted by Gasteiger charge is 2.44. The van der Waals surface area contributed by atoms with Crippen molar-refractivity contribution < 1.29 is 4.39 Å². The lowest BCUT2D eigenvalue weighted by atomic mass is 9.60. The van der Waals surface area contributed by atoms with Crippen LogP contribution in [0.2, 0.25) is 0 Å². The smallest absolute Gasteiger partial charge is 0.123 e. The van der Waals surface area contributed by atoms with Crippen LogP contribution in [0.1, 0.15) is 36.8 Å². The molecule has 0 saturated heterocycles. The summed E-state index contributed by atoms with van der Waals surface area (Å²) in [4.78, 5) is 2.47. The van der Waals surface area contributed by atoms with Crippen LogP contribution >= 0.6 is 0 Å². The maximum Gasteiger partial charge on any atom is 0.123 e. The third-order valence-corrected chi connectivity index (χ3v) is 5.09. The van der Waals surface area contributed by atoms with Gasteiger partial charge < -0.3 is 10.2 Å². The van der Waals surface area contributed by atoms with Gasteiger partial charge in [0, 0.05) is 31.9 Å². The van der Waals surface area contributed by atoms with Crippen molar-refractivity contribution in [3.8, 4) is 0 Å². The number of halogens is 1. The maximum atomic E-state index is 13.9. The molecule has 1 aromatic carbocycles. The molecular formula is C15H19FN2. The van der Waals surface area contributed by atoms with Crippen LogP contribution in [0.5, 0.6) is 0 Å². The number of hydrogen-bond acceptors (Lipinski definition) is 2. The molecule has 0 atom stereocenters. The number of nitrogens with one attached hydrogen (secondary N) is 1. The van der Waals surface area contributed by atoms with Gasteiger partial charge in [0.05, 0.1) is 0 Å². The van der Waals surface area contributed by atoms with Crippen LogP contribution < -0.4 is 10.2 Å². The summed E-state index contributed by atoms with van der Waals surface area (Å²) in [6.07, 6.45) is 5.03. The molecule has 0 bridgehead atoms. The summed E-state index contributed by atoms with van der Waals surface area (Å²) in [7, 11) is 0. The van der Waals surface area contributed by atoms with Gasteiger partial charge in [-0.15, -0.1) is 0 Å². The second-order valence-corrected chi connectivity index (χ2v) is 6.01. The van der Waals surface area contributed by atoms with Crippen molar-refractivity contribution in [3.63, 3.8) is 0 Å². The maximum absolute atomic E-state index is 13.9. The van der Waals surface area contributed by atoms with Gasteiger partial charge in [0.25, 0.3) is 0 Å². The van der Waals surface area contributed by atoms with E-state index in [9.17, 15) is 4.39 Å². The van der Waals surface area contributed by atoms with E-state index in [1.807, 2.05) is 6.07 Å². The minimum Gasteiger partial charge on any atom is -0.370 e. The van der Waals surface area contributed by atoms with E-state index in [4.69, 9.17) is 0 Å². The molecule has 1 aliphatic carbocycles. The molecule has 2 nitrogen and oxygen atoms in total. The van der Waals surface area contributed by atoms with Gasteiger partial charge in [-0.25, -0.2) is 4.39 Å². The predicted octanol–water partition coefficient (Wildman–Crippen LogP) is 2.56. The van der Waals surface area contributed by atoms with E-state index in [1.165, 1.54) is 36.9 Å². The van der Waals surface area contributed by atoms with Crippen LogP contribution in [0, 0.1) is 5.82 Å². The molecule has 3 aliphatic rings. The summed E-state index contributed by atoms with van der Waals surface area (Å²) in [5, 5.41) is 3.41. The van der Waals surface area contributed by atoms with Crippen molar-refractivity contribution in [2.45, 2.75) is 37.6 Å². The van der Waals surface area contributed by atoms with Gasteiger partial charge in [0.1, 0.15) is 5.82 Å². The lowest BCUT2D eigenvalue weighted by Gasteiger charge is -2.50. The minimum atomic E-state index is -0.0550. The van der Waals surface area contributed by atoms with Crippen molar-refractivity contribution >= 4 is 5.69 Å². The Morgan fingerprint density at radius 1 is 1.17 bits per heavy atom. The monoisotopic (exact) mass is 246 g/mol. The SMILES string of the molecule is Fc1cc2c3c(c1)C1(CCC1)CCN3CCNC2. The van der Waals surface area contributed by atoms with E-state index < -0.39 is 0 Å². The Bertz CT molecular complexity index is 494. The van der Waals surface area contributed by atoms with Gasteiger partial charge in [-0.2, -0.15) is 0 Å². The zero-order valence-electron chi connectivity index (χ0n) is 10.6. The molecule has 0 amide bonds. The summed E-state index contributed by atoms with van der Waals surface area (Å²) < 4.78 is 13.9. The molecule has 0 radical (unpaired) electrons. The van der Waals surface area contributed by atoms with Gasteiger partial charge in [-0.1, -0.05) is 6.42 Å². The van der Waals surface area contributed by atoms with Gasteiger partial charge >= 0.3 is 0 Å². The number of anilines is 1. The fourth-order valence-corrected chi connectivity index (χ4v) is 3.95. The van der Waals surface area contributed by atoms with Crippen molar-refractivity contribution in [3.05, 3.63) is 29.1 Å². The van der Waals surface area contributed by atoms with Gasteiger partial charge in [-0.05, 0) is 47.9 Å². The summed E-state index contributed by atoms with van der Waals surface area (Å²) in [6, 6.07) is 3.54. The predicted molar refractivity (Wildman–Crippen MR) is 70.5 cm³/mol. The first-order chi connectivity index (χ1) is 8.78. The second kappa shape index (κ2) is 3.70. The first kappa shape index (κ1) is 10.8. The summed E-state index contributed by atoms with van der Waals surface area (Å²) in [6.45, 7) is 4.02.